The van der Waals surface area contributed by atoms with Crippen LogP contribution in [0.4, 0.5) is 0 Å². The Labute approximate surface area is 303 Å². The first kappa shape index (κ1) is 39.1. The number of quaternary nitrogens is 1. The van der Waals surface area contributed by atoms with Crippen molar-refractivity contribution in [2.24, 2.45) is 12.0 Å². The van der Waals surface area contributed by atoms with Gasteiger partial charge in [0.25, 0.3) is 11.6 Å². The fourth-order valence-electron chi connectivity index (χ4n) is 5.70. The first-order valence-corrected chi connectivity index (χ1v) is 18.3. The second-order valence-electron chi connectivity index (χ2n) is 15.5. The van der Waals surface area contributed by atoms with Gasteiger partial charge in [-0.05, 0) is 44.5 Å². The van der Waals surface area contributed by atoms with Gasteiger partial charge in [-0.2, -0.15) is 0 Å². The second kappa shape index (κ2) is 14.9. The summed E-state index contributed by atoms with van der Waals surface area (Å²) < 4.78 is 8.14. The molecule has 0 spiro atoms. The van der Waals surface area contributed by atoms with Crippen molar-refractivity contribution in [2.45, 2.75) is 75.2 Å². The molecule has 1 fully saturated rings. The molecule has 12 nitrogen and oxygen atoms in total. The molecule has 1 aromatic heterocycles. The van der Waals surface area contributed by atoms with Crippen molar-refractivity contribution in [3.8, 4) is 5.75 Å². The van der Waals surface area contributed by atoms with Crippen molar-refractivity contribution < 1.29 is 29.0 Å². The van der Waals surface area contributed by atoms with Crippen molar-refractivity contribution in [1.29, 1.82) is 0 Å². The van der Waals surface area contributed by atoms with E-state index in [4.69, 9.17) is 4.74 Å². The minimum atomic E-state index is -1.58. The Kier molecular flexibility index (Phi) is 11.6. The number of aromatic nitrogens is 4. The zero-order chi connectivity index (χ0) is 37.2. The Morgan fingerprint density at radius 3 is 2.22 bits per heavy atom. The fraction of sp³-hybridized carbons (Fsp3) is 0.500. The summed E-state index contributed by atoms with van der Waals surface area (Å²) in [5.41, 5.74) is 1.75. The number of phenolic OH excluding ortho intramolecular Hbond substituents is 1. The molecule has 14 heteroatoms. The number of aromatic hydroxyl groups is 1. The van der Waals surface area contributed by atoms with Gasteiger partial charge in [0.1, 0.15) is 17.7 Å². The summed E-state index contributed by atoms with van der Waals surface area (Å²) in [6.45, 7) is 13.2. The van der Waals surface area contributed by atoms with Crippen LogP contribution in [0.2, 0.25) is 0 Å². The van der Waals surface area contributed by atoms with E-state index in [-0.39, 0.29) is 28.0 Å². The van der Waals surface area contributed by atoms with Crippen LogP contribution in [-0.2, 0) is 38.7 Å². The molecule has 0 unspecified atom stereocenters. The van der Waals surface area contributed by atoms with Gasteiger partial charge in [0.2, 0.25) is 5.16 Å². The number of carboxylic acid groups (broad SMARTS) is 1. The molecule has 2 aliphatic rings. The number of carboxylic acids is 1. The number of aliphatic imine (C=N–C) groups is 1. The number of tetrazole rings is 1. The number of rotatable bonds is 9. The summed E-state index contributed by atoms with van der Waals surface area (Å²) in [4.78, 5) is 31.5. The van der Waals surface area contributed by atoms with E-state index in [9.17, 15) is 19.8 Å². The van der Waals surface area contributed by atoms with Gasteiger partial charge in [-0.25, -0.2) is 9.67 Å². The van der Waals surface area contributed by atoms with E-state index in [1.165, 1.54) is 45.8 Å². The molecule has 270 valence electrons. The van der Waals surface area contributed by atoms with Crippen LogP contribution in [0.1, 0.15) is 63.8 Å². The molecule has 5 rings (SSSR count). The number of hydrogen-bond donors (Lipinski definition) is 1. The third-order valence-electron chi connectivity index (χ3n) is 8.20. The van der Waals surface area contributed by atoms with Gasteiger partial charge < -0.3 is 24.2 Å². The number of phenols is 1. The molecule has 2 aliphatic heterocycles. The summed E-state index contributed by atoms with van der Waals surface area (Å²) in [7, 11) is 9.68. The zero-order valence-corrected chi connectivity index (χ0v) is 32.5. The number of carbonyl (C=O) groups excluding carboxylic acids is 2. The number of thioether (sulfide) groups is 2. The monoisotopic (exact) mass is 723 g/mol. The summed E-state index contributed by atoms with van der Waals surface area (Å²) in [6.07, 6.45) is 1.57. The van der Waals surface area contributed by atoms with Crippen LogP contribution in [0.15, 0.2) is 63.9 Å². The quantitative estimate of drug-likeness (QED) is 0.150. The lowest BCUT2D eigenvalue weighted by atomic mass is 9.78. The number of aliphatic carboxylic acids is 1. The molecule has 0 saturated carbocycles. The number of aryl methyl sites for hydroxylation is 1. The number of hydrogen-bond acceptors (Lipinski definition) is 11. The number of carbonyl (C=O) groups is 2. The number of benzene rings is 2. The summed E-state index contributed by atoms with van der Waals surface area (Å²) in [5, 5.41) is 34.3. The highest BCUT2D eigenvalue weighted by Crippen LogP contribution is 2.49. The van der Waals surface area contributed by atoms with E-state index in [0.717, 1.165) is 22.2 Å². The molecular formula is C36H49N7O5S2. The van der Waals surface area contributed by atoms with Crippen molar-refractivity contribution >= 4 is 41.6 Å². The van der Waals surface area contributed by atoms with Crippen LogP contribution in [0.5, 0.6) is 5.75 Å². The van der Waals surface area contributed by atoms with Crippen molar-refractivity contribution in [3.05, 3.63) is 76.0 Å². The van der Waals surface area contributed by atoms with Gasteiger partial charge in [0.15, 0.2) is 0 Å². The SMILES string of the molecule is CO[C@@]1(N=Cc2cc(C(C)(C)C)c(O)c(C(C)(C)C)c2)C(=O)N2C(C(=O)[O-])=C(CSc3nnnn3C)CS[C@H]21.C[N+](C)(C)Cc1ccccc1. The first-order valence-electron chi connectivity index (χ1n) is 16.3. The van der Waals surface area contributed by atoms with E-state index in [1.807, 2.05) is 53.7 Å². The Morgan fingerprint density at radius 2 is 1.74 bits per heavy atom. The Hall–Kier alpha value is -3.72. The zero-order valence-electron chi connectivity index (χ0n) is 30.8. The molecule has 1 N–H and O–H groups in total. The predicted molar refractivity (Wildman–Crippen MR) is 196 cm³/mol. The molecule has 2 atom stereocenters. The molecule has 0 aliphatic carbocycles. The minimum Gasteiger partial charge on any atom is -0.543 e. The molecule has 0 radical (unpaired) electrons. The lowest BCUT2D eigenvalue weighted by Gasteiger charge is -2.54. The number of nitrogens with zero attached hydrogens (tertiary/aromatic N) is 7. The van der Waals surface area contributed by atoms with Gasteiger partial charge in [0.05, 0.1) is 32.8 Å². The van der Waals surface area contributed by atoms with Gasteiger partial charge in [-0.15, -0.1) is 16.9 Å². The summed E-state index contributed by atoms with van der Waals surface area (Å²) in [5.74, 6) is -1.14. The highest BCUT2D eigenvalue weighted by atomic mass is 32.2. The van der Waals surface area contributed by atoms with Gasteiger partial charge in [0, 0.05) is 48.6 Å². The molecule has 2 aromatic carbocycles. The van der Waals surface area contributed by atoms with E-state index < -0.39 is 23.0 Å². The van der Waals surface area contributed by atoms with E-state index >= 15 is 0 Å². The molecular weight excluding hydrogens is 675 g/mol. The van der Waals surface area contributed by atoms with E-state index in [0.29, 0.717) is 22.0 Å². The molecule has 1 amide bonds. The highest BCUT2D eigenvalue weighted by Gasteiger charge is 2.65. The maximum atomic E-state index is 13.5. The lowest BCUT2D eigenvalue weighted by Crippen LogP contribution is -2.74. The number of β-lactam (4-membered cyclic amide) rings is 1. The largest absolute Gasteiger partial charge is 0.543 e. The summed E-state index contributed by atoms with van der Waals surface area (Å²) in [6, 6.07) is 14.3. The smallest absolute Gasteiger partial charge is 0.286 e. The highest BCUT2D eigenvalue weighted by molar-refractivity contribution is 8.01. The maximum absolute atomic E-state index is 13.5. The Morgan fingerprint density at radius 1 is 1.14 bits per heavy atom. The Balaban J connectivity index is 0.000000435. The van der Waals surface area contributed by atoms with Crippen LogP contribution in [0.25, 0.3) is 0 Å². The van der Waals surface area contributed by atoms with Crippen LogP contribution in [-0.4, -0.2) is 104 Å². The fourth-order valence-corrected chi connectivity index (χ4v) is 8.12. The lowest BCUT2D eigenvalue weighted by molar-refractivity contribution is -0.884. The average molecular weight is 724 g/mol. The third kappa shape index (κ3) is 8.59. The normalized spacial score (nSPS) is 19.6. The van der Waals surface area contributed by atoms with Crippen molar-refractivity contribution in [3.63, 3.8) is 0 Å². The second-order valence-corrected chi connectivity index (χ2v) is 17.5. The van der Waals surface area contributed by atoms with Crippen LogP contribution < -0.4 is 5.11 Å². The van der Waals surface area contributed by atoms with Crippen molar-refractivity contribution in [2.75, 3.05) is 39.8 Å². The van der Waals surface area contributed by atoms with E-state index in [1.54, 1.807) is 13.3 Å². The number of methoxy groups -OCH3 is 1. The van der Waals surface area contributed by atoms with Crippen molar-refractivity contribution in [1.82, 2.24) is 25.1 Å². The maximum Gasteiger partial charge on any atom is 0.286 e. The first-order chi connectivity index (χ1) is 23.2. The number of amides is 1. The predicted octanol–water partition coefficient (Wildman–Crippen LogP) is 3.88. The standard InChI is InChI=1S/C26H34N6O5S2.C10H16N/c1-24(2,3)16-9-14(10-17(19(16)33)25(4,5)6)11-27-26(37-8)21(36)32-18(20(34)35)15(12-38-22(26)32)13-39-23-28-29-30-31(23)7;1-11(2,3)9-10-7-5-4-6-8-10/h9-11,22,33H,12-13H2,1-8H3,(H,34,35);4-8H,9H2,1-3H3/q;+1/p-1/t22-,26-;/m0./s1. The third-order valence-corrected chi connectivity index (χ3v) is 10.7. The van der Waals surface area contributed by atoms with Gasteiger partial charge >= 0.3 is 0 Å². The average Bonchev–Trinajstić information content (AvgIpc) is 3.43. The number of ether oxygens (including phenoxy) is 1. The molecule has 50 heavy (non-hydrogen) atoms. The molecule has 3 aromatic rings. The molecule has 0 bridgehead atoms. The van der Waals surface area contributed by atoms with Crippen LogP contribution in [0, 0.1) is 0 Å². The van der Waals surface area contributed by atoms with Gasteiger partial charge in [-0.3, -0.25) is 9.69 Å². The molecule has 3 heterocycles. The Bertz CT molecular complexity index is 1740. The topological polar surface area (TPSA) is 146 Å². The van der Waals surface area contributed by atoms with Crippen LogP contribution >= 0.6 is 23.5 Å². The van der Waals surface area contributed by atoms with E-state index in [2.05, 4.69) is 72.0 Å². The number of fused-ring (bicyclic) bond motifs is 1. The minimum absolute atomic E-state index is 0.163. The summed E-state index contributed by atoms with van der Waals surface area (Å²) >= 11 is 2.65. The van der Waals surface area contributed by atoms with Gasteiger partial charge in [-0.1, -0.05) is 83.6 Å². The molecule has 1 saturated heterocycles. The van der Waals surface area contributed by atoms with Crippen LogP contribution in [0.3, 0.4) is 0 Å².